The van der Waals surface area contributed by atoms with Crippen LogP contribution in [0.4, 0.5) is 8.78 Å². The smallest absolute Gasteiger partial charge is 0.282 e. The van der Waals surface area contributed by atoms with Crippen LogP contribution in [-0.2, 0) is 6.54 Å². The molecule has 0 aromatic heterocycles. The van der Waals surface area contributed by atoms with Crippen LogP contribution in [0.25, 0.3) is 0 Å². The summed E-state index contributed by atoms with van der Waals surface area (Å²) in [7, 11) is 3.03. The van der Waals surface area contributed by atoms with Gasteiger partial charge in [-0.2, -0.15) is 0 Å². The molecule has 2 N–H and O–H groups in total. The first-order chi connectivity index (χ1) is 8.52. The summed E-state index contributed by atoms with van der Waals surface area (Å²) < 4.78 is 35.8. The van der Waals surface area contributed by atoms with Gasteiger partial charge in [-0.3, -0.25) is 0 Å². The normalized spacial score (nSPS) is 11.4. The zero-order chi connectivity index (χ0) is 13.6. The summed E-state index contributed by atoms with van der Waals surface area (Å²) in [6.45, 7) is -1.56. The van der Waals surface area contributed by atoms with Gasteiger partial charge in [0.25, 0.3) is 5.92 Å². The van der Waals surface area contributed by atoms with Crippen molar-refractivity contribution in [2.45, 2.75) is 12.5 Å². The lowest BCUT2D eigenvalue weighted by atomic mass is 10.2. The van der Waals surface area contributed by atoms with E-state index in [9.17, 15) is 8.78 Å². The number of ether oxygens (including phenoxy) is 2. The maximum atomic E-state index is 12.8. The van der Waals surface area contributed by atoms with Gasteiger partial charge in [0.05, 0.1) is 20.8 Å². The molecule has 0 saturated carbocycles. The van der Waals surface area contributed by atoms with Crippen LogP contribution in [0, 0.1) is 0 Å². The van der Waals surface area contributed by atoms with Gasteiger partial charge >= 0.3 is 0 Å². The number of nitrogens with one attached hydrogen (secondary N) is 1. The Morgan fingerprint density at radius 3 is 2.56 bits per heavy atom. The van der Waals surface area contributed by atoms with E-state index in [1.54, 1.807) is 18.2 Å². The van der Waals surface area contributed by atoms with E-state index in [0.717, 1.165) is 0 Å². The van der Waals surface area contributed by atoms with Crippen LogP contribution < -0.4 is 14.8 Å². The maximum absolute atomic E-state index is 12.8. The molecule has 102 valence electrons. The van der Waals surface area contributed by atoms with Crippen molar-refractivity contribution in [1.29, 1.82) is 0 Å². The van der Waals surface area contributed by atoms with Gasteiger partial charge < -0.3 is 19.9 Å². The first-order valence-electron chi connectivity index (χ1n) is 5.42. The molecule has 1 aromatic rings. The van der Waals surface area contributed by atoms with Crippen LogP contribution in [0.3, 0.4) is 0 Å². The fraction of sp³-hybridized carbons (Fsp3) is 0.500. The van der Waals surface area contributed by atoms with Crippen LogP contribution in [-0.4, -0.2) is 38.4 Å². The highest BCUT2D eigenvalue weighted by Crippen LogP contribution is 2.23. The van der Waals surface area contributed by atoms with Gasteiger partial charge in [-0.25, -0.2) is 8.78 Å². The average Bonchev–Trinajstić information content (AvgIpc) is 2.38. The molecule has 0 atom stereocenters. The number of hydrogen-bond acceptors (Lipinski definition) is 4. The third-order valence-corrected chi connectivity index (χ3v) is 2.42. The van der Waals surface area contributed by atoms with E-state index >= 15 is 0 Å². The zero-order valence-electron chi connectivity index (χ0n) is 10.4. The Hall–Kier alpha value is -1.40. The highest BCUT2D eigenvalue weighted by Gasteiger charge is 2.26. The Balaban J connectivity index is 2.65. The molecule has 0 aliphatic carbocycles. The summed E-state index contributed by atoms with van der Waals surface area (Å²) in [6.07, 6.45) is 0. The average molecular weight is 261 g/mol. The number of alkyl halides is 2. The first-order valence-corrected chi connectivity index (χ1v) is 5.42. The second-order valence-corrected chi connectivity index (χ2v) is 3.80. The van der Waals surface area contributed by atoms with Gasteiger partial charge in [0.1, 0.15) is 18.1 Å². The van der Waals surface area contributed by atoms with Crippen molar-refractivity contribution in [3.05, 3.63) is 23.8 Å². The van der Waals surface area contributed by atoms with Crippen molar-refractivity contribution in [3.63, 3.8) is 0 Å². The molecule has 1 aromatic carbocycles. The number of benzene rings is 1. The van der Waals surface area contributed by atoms with Crippen molar-refractivity contribution in [3.8, 4) is 11.5 Å². The van der Waals surface area contributed by atoms with E-state index < -0.39 is 19.1 Å². The van der Waals surface area contributed by atoms with Gasteiger partial charge in [0, 0.05) is 12.1 Å². The molecule has 0 amide bonds. The van der Waals surface area contributed by atoms with Crippen LogP contribution in [0.5, 0.6) is 11.5 Å². The van der Waals surface area contributed by atoms with Crippen molar-refractivity contribution in [2.24, 2.45) is 0 Å². The molecular formula is C12H17F2NO3. The molecule has 4 nitrogen and oxygen atoms in total. The largest absolute Gasteiger partial charge is 0.497 e. The summed E-state index contributed by atoms with van der Waals surface area (Å²) in [5, 5.41) is 11.0. The van der Waals surface area contributed by atoms with Gasteiger partial charge in [-0.15, -0.1) is 0 Å². The summed E-state index contributed by atoms with van der Waals surface area (Å²) >= 11 is 0. The van der Waals surface area contributed by atoms with Crippen molar-refractivity contribution >= 4 is 0 Å². The third kappa shape index (κ3) is 4.12. The quantitative estimate of drug-likeness (QED) is 0.779. The molecule has 0 aliphatic rings. The zero-order valence-corrected chi connectivity index (χ0v) is 10.4. The summed E-state index contributed by atoms with van der Waals surface area (Å²) in [5.74, 6) is -1.90. The molecule has 0 radical (unpaired) electrons. The SMILES string of the molecule is COc1ccc(OC)c(CNCC(F)(F)CO)c1. The predicted octanol–water partition coefficient (Wildman–Crippen LogP) is 1.42. The molecule has 0 saturated heterocycles. The molecule has 0 unspecified atom stereocenters. The van der Waals surface area contributed by atoms with E-state index in [2.05, 4.69) is 5.32 Å². The Labute approximate surface area is 105 Å². The number of aliphatic hydroxyl groups excluding tert-OH is 1. The monoisotopic (exact) mass is 261 g/mol. The lowest BCUT2D eigenvalue weighted by Gasteiger charge is -2.15. The minimum Gasteiger partial charge on any atom is -0.497 e. The van der Waals surface area contributed by atoms with Crippen molar-refractivity contribution in [2.75, 3.05) is 27.4 Å². The van der Waals surface area contributed by atoms with Crippen LogP contribution in [0.15, 0.2) is 18.2 Å². The number of aliphatic hydroxyl groups is 1. The number of rotatable bonds is 7. The van der Waals surface area contributed by atoms with E-state index in [1.165, 1.54) is 14.2 Å². The minimum atomic E-state index is -3.12. The molecule has 18 heavy (non-hydrogen) atoms. The Bertz CT molecular complexity index is 386. The standard InChI is InChI=1S/C12H17F2NO3/c1-17-10-3-4-11(18-2)9(5-10)6-15-7-12(13,14)8-16/h3-5,15-16H,6-8H2,1-2H3. The van der Waals surface area contributed by atoms with E-state index in [-0.39, 0.29) is 6.54 Å². The van der Waals surface area contributed by atoms with Crippen molar-refractivity contribution in [1.82, 2.24) is 5.32 Å². The second-order valence-electron chi connectivity index (χ2n) is 3.80. The van der Waals surface area contributed by atoms with Gasteiger partial charge in [0.2, 0.25) is 0 Å². The van der Waals surface area contributed by atoms with Gasteiger partial charge in [0.15, 0.2) is 0 Å². The number of methoxy groups -OCH3 is 2. The van der Waals surface area contributed by atoms with Crippen LogP contribution in [0.2, 0.25) is 0 Å². The second kappa shape index (κ2) is 6.51. The minimum absolute atomic E-state index is 0.204. The van der Waals surface area contributed by atoms with Crippen LogP contribution >= 0.6 is 0 Å². The Kier molecular flexibility index (Phi) is 5.30. The molecule has 0 spiro atoms. The lowest BCUT2D eigenvalue weighted by Crippen LogP contribution is -2.35. The Morgan fingerprint density at radius 1 is 1.28 bits per heavy atom. The summed E-state index contributed by atoms with van der Waals surface area (Å²) in [4.78, 5) is 0. The van der Waals surface area contributed by atoms with E-state index in [4.69, 9.17) is 14.6 Å². The highest BCUT2D eigenvalue weighted by molar-refractivity contribution is 5.40. The summed E-state index contributed by atoms with van der Waals surface area (Å²) in [5.41, 5.74) is 0.714. The van der Waals surface area contributed by atoms with E-state index in [1.807, 2.05) is 0 Å². The number of halogens is 2. The molecular weight excluding hydrogens is 244 g/mol. The van der Waals surface area contributed by atoms with Crippen LogP contribution in [0.1, 0.15) is 5.56 Å². The molecule has 0 aliphatic heterocycles. The number of hydrogen-bond donors (Lipinski definition) is 2. The fourth-order valence-electron chi connectivity index (χ4n) is 1.46. The van der Waals surface area contributed by atoms with Gasteiger partial charge in [-0.1, -0.05) is 0 Å². The lowest BCUT2D eigenvalue weighted by molar-refractivity contribution is -0.0478. The van der Waals surface area contributed by atoms with Crippen molar-refractivity contribution < 1.29 is 23.4 Å². The molecule has 0 heterocycles. The maximum Gasteiger partial charge on any atom is 0.282 e. The topological polar surface area (TPSA) is 50.7 Å². The Morgan fingerprint density at radius 2 is 2.00 bits per heavy atom. The van der Waals surface area contributed by atoms with Gasteiger partial charge in [-0.05, 0) is 18.2 Å². The molecule has 1 rings (SSSR count). The molecule has 0 fully saturated rings. The fourth-order valence-corrected chi connectivity index (χ4v) is 1.46. The predicted molar refractivity (Wildman–Crippen MR) is 63.3 cm³/mol. The molecule has 0 bridgehead atoms. The third-order valence-electron chi connectivity index (χ3n) is 2.42. The first kappa shape index (κ1) is 14.7. The molecule has 6 heteroatoms. The highest BCUT2D eigenvalue weighted by atomic mass is 19.3. The summed E-state index contributed by atoms with van der Waals surface area (Å²) in [6, 6.07) is 5.15. The van der Waals surface area contributed by atoms with E-state index in [0.29, 0.717) is 17.1 Å².